The van der Waals surface area contributed by atoms with Crippen molar-refractivity contribution in [3.05, 3.63) is 36.0 Å². The third-order valence-electron chi connectivity index (χ3n) is 4.93. The van der Waals surface area contributed by atoms with Gasteiger partial charge in [0.2, 0.25) is 0 Å². The van der Waals surface area contributed by atoms with E-state index in [1.54, 1.807) is 29.2 Å². The molecule has 0 saturated carbocycles. The largest absolute Gasteiger partial charge is 0.471 e. The Morgan fingerprint density at radius 3 is 2.76 bits per heavy atom. The van der Waals surface area contributed by atoms with Crippen LogP contribution in [0.1, 0.15) is 23.2 Å². The molecular weight excluding hydrogens is 388 g/mol. The van der Waals surface area contributed by atoms with Gasteiger partial charge in [0, 0.05) is 42.8 Å². The predicted molar refractivity (Wildman–Crippen MR) is 97.3 cm³/mol. The highest BCUT2D eigenvalue weighted by Gasteiger charge is 2.36. The monoisotopic (exact) mass is 407 g/mol. The van der Waals surface area contributed by atoms with Gasteiger partial charge in [0.25, 0.3) is 11.8 Å². The number of amides is 1. The van der Waals surface area contributed by atoms with Gasteiger partial charge in [-0.3, -0.25) is 4.79 Å². The first kappa shape index (κ1) is 19.0. The lowest BCUT2D eigenvalue weighted by atomic mass is 10.1. The van der Waals surface area contributed by atoms with Crippen molar-refractivity contribution in [2.24, 2.45) is 10.4 Å². The van der Waals surface area contributed by atoms with Crippen molar-refractivity contribution in [2.75, 3.05) is 31.8 Å². The Labute approximate surface area is 164 Å². The minimum Gasteiger partial charge on any atom is -0.471 e. The number of anilines is 2. The third-order valence-corrected chi connectivity index (χ3v) is 4.93. The zero-order valence-electron chi connectivity index (χ0n) is 15.6. The van der Waals surface area contributed by atoms with Crippen LogP contribution in [-0.2, 0) is 4.84 Å². The van der Waals surface area contributed by atoms with Gasteiger partial charge in [-0.25, -0.2) is 8.78 Å². The molecule has 0 radical (unpaired) electrons. The quantitative estimate of drug-likeness (QED) is 0.474. The van der Waals surface area contributed by atoms with Crippen LogP contribution >= 0.6 is 0 Å². The smallest absolute Gasteiger partial charge is 0.253 e. The average Bonchev–Trinajstić information content (AvgIpc) is 3.28. The van der Waals surface area contributed by atoms with Gasteiger partial charge in [0.1, 0.15) is 12.9 Å². The summed E-state index contributed by atoms with van der Waals surface area (Å²) in [6.45, 7) is 0.227. The topological polar surface area (TPSA) is 91.9 Å². The summed E-state index contributed by atoms with van der Waals surface area (Å²) in [5, 5.41) is 17.0. The van der Waals surface area contributed by atoms with Gasteiger partial charge >= 0.3 is 0 Å². The van der Waals surface area contributed by atoms with E-state index in [4.69, 9.17) is 4.74 Å². The van der Waals surface area contributed by atoms with Crippen LogP contribution in [0, 0.1) is 0 Å². The summed E-state index contributed by atoms with van der Waals surface area (Å²) in [6.07, 6.45) is 0.791. The summed E-state index contributed by atoms with van der Waals surface area (Å²) in [6, 6.07) is 6.55. The number of halogens is 2. The van der Waals surface area contributed by atoms with Gasteiger partial charge in [0.05, 0.1) is 17.6 Å². The molecule has 1 aromatic carbocycles. The van der Waals surface area contributed by atoms with E-state index >= 15 is 0 Å². The molecule has 1 saturated heterocycles. The van der Waals surface area contributed by atoms with Crippen LogP contribution in [-0.4, -0.2) is 53.6 Å². The number of benzene rings is 1. The van der Waals surface area contributed by atoms with Crippen molar-refractivity contribution in [1.82, 2.24) is 9.63 Å². The summed E-state index contributed by atoms with van der Waals surface area (Å²) in [5.41, 5.74) is 1.69. The minimum atomic E-state index is -2.71. The van der Waals surface area contributed by atoms with Crippen molar-refractivity contribution >= 4 is 23.1 Å². The standard InChI is InChI=1S/C18H19F2N5O4/c1-28-22-21-16-9-13(10-25(16)27)24-11-29-15-8-12(2-3-14(15)24)17(26)23-6-4-18(19,20)5-7-23/h2-3,8-10,27H,4-7,11H2,1H3. The highest BCUT2D eigenvalue weighted by atomic mass is 19.3. The number of carbonyl (C=O) groups is 1. The second-order valence-electron chi connectivity index (χ2n) is 6.80. The summed E-state index contributed by atoms with van der Waals surface area (Å²) in [7, 11) is 1.34. The Hall–Kier alpha value is -3.37. The number of hydrogen-bond donors (Lipinski definition) is 1. The van der Waals surface area contributed by atoms with E-state index in [9.17, 15) is 18.8 Å². The molecule has 1 amide bonds. The van der Waals surface area contributed by atoms with Crippen LogP contribution < -0.4 is 9.64 Å². The van der Waals surface area contributed by atoms with Crippen LogP contribution in [0.2, 0.25) is 0 Å². The SMILES string of the molecule is CON=Nc1cc(N2COc3cc(C(=O)N4CCC(F)(F)CC4)ccc32)cn1O. The summed E-state index contributed by atoms with van der Waals surface area (Å²) >= 11 is 0. The zero-order chi connectivity index (χ0) is 20.6. The molecule has 1 N–H and O–H groups in total. The molecule has 2 aliphatic heterocycles. The number of likely N-dealkylation sites (tertiary alicyclic amines) is 1. The molecular formula is C18H19F2N5O4. The minimum absolute atomic E-state index is 0.0265. The average molecular weight is 407 g/mol. The Balaban J connectivity index is 1.52. The van der Waals surface area contributed by atoms with E-state index in [0.717, 1.165) is 4.73 Å². The number of fused-ring (bicyclic) bond motifs is 1. The lowest BCUT2D eigenvalue weighted by molar-refractivity contribution is -0.0494. The maximum absolute atomic E-state index is 13.3. The Bertz CT molecular complexity index is 952. The van der Waals surface area contributed by atoms with E-state index in [0.29, 0.717) is 22.7 Å². The molecule has 9 nitrogen and oxygen atoms in total. The number of nitrogens with zero attached hydrogens (tertiary/aromatic N) is 5. The number of aromatic nitrogens is 1. The summed E-state index contributed by atoms with van der Waals surface area (Å²) in [4.78, 5) is 20.4. The molecule has 0 unspecified atom stereocenters. The number of piperidine rings is 1. The zero-order valence-corrected chi connectivity index (χ0v) is 15.6. The first-order chi connectivity index (χ1) is 13.9. The van der Waals surface area contributed by atoms with Crippen LogP contribution in [0.3, 0.4) is 0 Å². The first-order valence-electron chi connectivity index (χ1n) is 8.95. The molecule has 1 fully saturated rings. The second-order valence-corrected chi connectivity index (χ2v) is 6.80. The fourth-order valence-electron chi connectivity index (χ4n) is 3.35. The molecule has 3 heterocycles. The van der Waals surface area contributed by atoms with E-state index in [1.807, 2.05) is 0 Å². The van der Waals surface area contributed by atoms with Crippen molar-refractivity contribution < 1.29 is 28.4 Å². The summed E-state index contributed by atoms with van der Waals surface area (Å²) < 4.78 is 33.1. The number of alkyl halides is 2. The maximum Gasteiger partial charge on any atom is 0.253 e. The number of hydrogen-bond acceptors (Lipinski definition) is 7. The van der Waals surface area contributed by atoms with Crippen LogP contribution in [0.4, 0.5) is 26.0 Å². The van der Waals surface area contributed by atoms with E-state index in [2.05, 4.69) is 15.2 Å². The maximum atomic E-state index is 13.3. The van der Waals surface area contributed by atoms with Gasteiger partial charge in [0.15, 0.2) is 12.5 Å². The molecule has 2 aliphatic rings. The van der Waals surface area contributed by atoms with Crippen LogP contribution in [0.25, 0.3) is 0 Å². The van der Waals surface area contributed by atoms with Crippen molar-refractivity contribution in [1.29, 1.82) is 0 Å². The van der Waals surface area contributed by atoms with Crippen LogP contribution in [0.5, 0.6) is 5.75 Å². The molecule has 154 valence electrons. The molecule has 0 aliphatic carbocycles. The van der Waals surface area contributed by atoms with E-state index in [-0.39, 0.29) is 44.4 Å². The Morgan fingerprint density at radius 2 is 2.03 bits per heavy atom. The molecule has 0 spiro atoms. The van der Waals surface area contributed by atoms with Gasteiger partial charge in [-0.2, -0.15) is 4.73 Å². The van der Waals surface area contributed by atoms with Crippen molar-refractivity contribution in [3.8, 4) is 5.75 Å². The molecule has 29 heavy (non-hydrogen) atoms. The third kappa shape index (κ3) is 3.67. The Kier molecular flexibility index (Phi) is 4.73. The molecule has 11 heteroatoms. The number of carbonyl (C=O) groups excluding carboxylic acids is 1. The van der Waals surface area contributed by atoms with Gasteiger partial charge in [-0.05, 0) is 18.2 Å². The normalized spacial score (nSPS) is 18.0. The Morgan fingerprint density at radius 1 is 1.28 bits per heavy atom. The van der Waals surface area contributed by atoms with Gasteiger partial charge in [-0.1, -0.05) is 5.11 Å². The molecule has 2 aromatic rings. The van der Waals surface area contributed by atoms with Crippen molar-refractivity contribution in [2.45, 2.75) is 18.8 Å². The predicted octanol–water partition coefficient (Wildman–Crippen LogP) is 3.73. The van der Waals surface area contributed by atoms with Crippen LogP contribution in [0.15, 0.2) is 40.9 Å². The fourth-order valence-corrected chi connectivity index (χ4v) is 3.35. The van der Waals surface area contributed by atoms with E-state index < -0.39 is 5.92 Å². The summed E-state index contributed by atoms with van der Waals surface area (Å²) in [5.74, 6) is -2.34. The number of ether oxygens (including phenoxy) is 1. The number of rotatable bonds is 4. The molecule has 0 bridgehead atoms. The molecule has 0 atom stereocenters. The molecule has 1 aromatic heterocycles. The van der Waals surface area contributed by atoms with Gasteiger partial charge < -0.3 is 24.6 Å². The lowest BCUT2D eigenvalue weighted by Crippen LogP contribution is -2.42. The van der Waals surface area contributed by atoms with E-state index in [1.165, 1.54) is 18.2 Å². The fraction of sp³-hybridized carbons (Fsp3) is 0.389. The highest BCUT2D eigenvalue weighted by Crippen LogP contribution is 2.41. The van der Waals surface area contributed by atoms with Crippen molar-refractivity contribution in [3.63, 3.8) is 0 Å². The highest BCUT2D eigenvalue weighted by molar-refractivity contribution is 5.96. The lowest BCUT2D eigenvalue weighted by Gasteiger charge is -2.31. The second kappa shape index (κ2) is 7.22. The van der Waals surface area contributed by atoms with Gasteiger partial charge in [-0.15, -0.1) is 0 Å². The first-order valence-corrected chi connectivity index (χ1v) is 8.95. The molecule has 4 rings (SSSR count).